The van der Waals surface area contributed by atoms with E-state index in [1.54, 1.807) is 4.90 Å². The molecule has 4 heteroatoms. The summed E-state index contributed by atoms with van der Waals surface area (Å²) >= 11 is 9.54. The molecule has 86 valence electrons. The highest BCUT2D eigenvalue weighted by Gasteiger charge is 2.20. The van der Waals surface area contributed by atoms with Crippen LogP contribution in [0, 0.1) is 0 Å². The van der Waals surface area contributed by atoms with Crippen molar-refractivity contribution in [1.29, 1.82) is 0 Å². The third kappa shape index (κ3) is 2.58. The molecule has 2 nitrogen and oxygen atoms in total. The maximum atomic E-state index is 11.9. The van der Waals surface area contributed by atoms with Gasteiger partial charge in [-0.1, -0.05) is 34.0 Å². The smallest absolute Gasteiger partial charge is 0.227 e. The Labute approximate surface area is 109 Å². The Balaban J connectivity index is 2.33. The van der Waals surface area contributed by atoms with E-state index in [0.29, 0.717) is 11.4 Å². The van der Waals surface area contributed by atoms with Crippen molar-refractivity contribution < 1.29 is 4.79 Å². The molecular formula is C12H13BrClNO. The maximum absolute atomic E-state index is 11.9. The third-order valence-corrected chi connectivity index (χ3v) is 3.59. The number of benzene rings is 1. The lowest BCUT2D eigenvalue weighted by Gasteiger charge is -2.22. The quantitative estimate of drug-likeness (QED) is 0.767. The summed E-state index contributed by atoms with van der Waals surface area (Å²) in [6.07, 6.45) is 3.78. The highest BCUT2D eigenvalue weighted by Crippen LogP contribution is 2.31. The molecule has 0 unspecified atom stereocenters. The van der Waals surface area contributed by atoms with Crippen LogP contribution in [0.5, 0.6) is 0 Å². The molecule has 0 bridgehead atoms. The second-order valence-electron chi connectivity index (χ2n) is 3.95. The minimum Gasteiger partial charge on any atom is -0.311 e. The van der Waals surface area contributed by atoms with Crippen LogP contribution in [0.4, 0.5) is 5.69 Å². The first-order valence-electron chi connectivity index (χ1n) is 5.44. The third-order valence-electron chi connectivity index (χ3n) is 2.77. The standard InChI is InChI=1S/C12H13BrClNO/c13-9-5-6-10(14)11(8-9)15-7-3-1-2-4-12(15)16/h5-6,8H,1-4,7H2. The van der Waals surface area contributed by atoms with Crippen LogP contribution < -0.4 is 4.90 Å². The number of hydrogen-bond donors (Lipinski definition) is 0. The van der Waals surface area contributed by atoms with E-state index in [1.165, 1.54) is 0 Å². The van der Waals surface area contributed by atoms with Crippen LogP contribution in [0.3, 0.4) is 0 Å². The predicted molar refractivity (Wildman–Crippen MR) is 70.0 cm³/mol. The van der Waals surface area contributed by atoms with Gasteiger partial charge in [0.15, 0.2) is 0 Å². The molecule has 1 aromatic rings. The van der Waals surface area contributed by atoms with Crippen LogP contribution >= 0.6 is 27.5 Å². The van der Waals surface area contributed by atoms with Gasteiger partial charge in [0.2, 0.25) is 5.91 Å². The van der Waals surface area contributed by atoms with Gasteiger partial charge in [-0.15, -0.1) is 0 Å². The average molecular weight is 303 g/mol. The number of carbonyl (C=O) groups excluding carboxylic acids is 1. The first-order valence-corrected chi connectivity index (χ1v) is 6.61. The van der Waals surface area contributed by atoms with Gasteiger partial charge in [0, 0.05) is 17.4 Å². The fourth-order valence-electron chi connectivity index (χ4n) is 1.93. The summed E-state index contributed by atoms with van der Waals surface area (Å²) in [5.74, 6) is 0.178. The van der Waals surface area contributed by atoms with Gasteiger partial charge in [0.1, 0.15) is 0 Å². The zero-order chi connectivity index (χ0) is 11.5. The molecule has 1 aliphatic heterocycles. The number of halogens is 2. The molecule has 1 aliphatic rings. The molecule has 1 amide bonds. The van der Waals surface area contributed by atoms with E-state index in [-0.39, 0.29) is 5.91 Å². The van der Waals surface area contributed by atoms with Gasteiger partial charge < -0.3 is 4.90 Å². The SMILES string of the molecule is O=C1CCCCCN1c1cc(Br)ccc1Cl. The first kappa shape index (κ1) is 11.9. The van der Waals surface area contributed by atoms with Crippen LogP contribution in [-0.4, -0.2) is 12.5 Å². The Hall–Kier alpha value is -0.540. The minimum absolute atomic E-state index is 0.178. The highest BCUT2D eigenvalue weighted by molar-refractivity contribution is 9.10. The summed E-state index contributed by atoms with van der Waals surface area (Å²) in [7, 11) is 0. The molecule has 0 atom stereocenters. The fourth-order valence-corrected chi connectivity index (χ4v) is 2.50. The van der Waals surface area contributed by atoms with Gasteiger partial charge in [-0.2, -0.15) is 0 Å². The molecule has 1 heterocycles. The molecule has 16 heavy (non-hydrogen) atoms. The zero-order valence-corrected chi connectivity index (χ0v) is 11.2. The van der Waals surface area contributed by atoms with Gasteiger partial charge in [0.25, 0.3) is 0 Å². The summed E-state index contributed by atoms with van der Waals surface area (Å²) in [5, 5.41) is 0.637. The van der Waals surface area contributed by atoms with Crippen molar-refractivity contribution in [1.82, 2.24) is 0 Å². The molecule has 0 spiro atoms. The fraction of sp³-hybridized carbons (Fsp3) is 0.417. The largest absolute Gasteiger partial charge is 0.311 e. The van der Waals surface area contributed by atoms with Gasteiger partial charge in [-0.3, -0.25) is 4.79 Å². The highest BCUT2D eigenvalue weighted by atomic mass is 79.9. The molecular weight excluding hydrogens is 289 g/mol. The number of rotatable bonds is 1. The minimum atomic E-state index is 0.178. The predicted octanol–water partition coefficient (Wildman–Crippen LogP) is 4.01. The van der Waals surface area contributed by atoms with Gasteiger partial charge in [-0.05, 0) is 31.0 Å². The van der Waals surface area contributed by atoms with Crippen LogP contribution in [0.1, 0.15) is 25.7 Å². The lowest BCUT2D eigenvalue weighted by atomic mass is 10.2. The second-order valence-corrected chi connectivity index (χ2v) is 5.27. The van der Waals surface area contributed by atoms with Crippen molar-refractivity contribution in [2.24, 2.45) is 0 Å². The Morgan fingerprint density at radius 3 is 2.88 bits per heavy atom. The molecule has 0 saturated carbocycles. The molecule has 0 N–H and O–H groups in total. The monoisotopic (exact) mass is 301 g/mol. The Morgan fingerprint density at radius 1 is 1.25 bits per heavy atom. The molecule has 1 aromatic carbocycles. The zero-order valence-electron chi connectivity index (χ0n) is 8.88. The molecule has 0 radical (unpaired) electrons. The second kappa shape index (κ2) is 5.19. The number of nitrogens with zero attached hydrogens (tertiary/aromatic N) is 1. The lowest BCUT2D eigenvalue weighted by molar-refractivity contribution is -0.118. The Morgan fingerprint density at radius 2 is 2.06 bits per heavy atom. The van der Waals surface area contributed by atoms with Crippen molar-refractivity contribution >= 4 is 39.1 Å². The van der Waals surface area contributed by atoms with Crippen LogP contribution in [0.2, 0.25) is 5.02 Å². The van der Waals surface area contributed by atoms with Gasteiger partial charge in [0.05, 0.1) is 10.7 Å². The number of amides is 1. The number of anilines is 1. The maximum Gasteiger partial charge on any atom is 0.227 e. The van der Waals surface area contributed by atoms with Gasteiger partial charge in [-0.25, -0.2) is 0 Å². The van der Waals surface area contributed by atoms with Crippen molar-refractivity contribution in [3.63, 3.8) is 0 Å². The van der Waals surface area contributed by atoms with E-state index in [0.717, 1.165) is 36.0 Å². The van der Waals surface area contributed by atoms with E-state index >= 15 is 0 Å². The number of carbonyl (C=O) groups is 1. The van der Waals surface area contributed by atoms with E-state index in [2.05, 4.69) is 15.9 Å². The van der Waals surface area contributed by atoms with Crippen LogP contribution in [0.25, 0.3) is 0 Å². The van der Waals surface area contributed by atoms with Crippen molar-refractivity contribution in [2.75, 3.05) is 11.4 Å². The van der Waals surface area contributed by atoms with E-state index < -0.39 is 0 Å². The van der Waals surface area contributed by atoms with Crippen molar-refractivity contribution in [3.05, 3.63) is 27.7 Å². The van der Waals surface area contributed by atoms with Crippen LogP contribution in [0.15, 0.2) is 22.7 Å². The molecule has 0 aromatic heterocycles. The van der Waals surface area contributed by atoms with E-state index in [1.807, 2.05) is 18.2 Å². The lowest BCUT2D eigenvalue weighted by Crippen LogP contribution is -2.30. The molecule has 1 fully saturated rings. The van der Waals surface area contributed by atoms with Crippen molar-refractivity contribution in [3.8, 4) is 0 Å². The molecule has 0 aliphatic carbocycles. The number of hydrogen-bond acceptors (Lipinski definition) is 1. The summed E-state index contributed by atoms with van der Waals surface area (Å²) in [5.41, 5.74) is 0.822. The summed E-state index contributed by atoms with van der Waals surface area (Å²) in [6, 6.07) is 5.61. The van der Waals surface area contributed by atoms with Crippen LogP contribution in [-0.2, 0) is 4.79 Å². The first-order chi connectivity index (χ1) is 7.68. The Kier molecular flexibility index (Phi) is 3.87. The van der Waals surface area contributed by atoms with Gasteiger partial charge >= 0.3 is 0 Å². The average Bonchev–Trinajstić information content (AvgIpc) is 2.47. The van der Waals surface area contributed by atoms with Crippen molar-refractivity contribution in [2.45, 2.75) is 25.7 Å². The topological polar surface area (TPSA) is 20.3 Å². The summed E-state index contributed by atoms with van der Waals surface area (Å²) in [6.45, 7) is 0.773. The summed E-state index contributed by atoms with van der Waals surface area (Å²) in [4.78, 5) is 13.7. The normalized spacial score (nSPS) is 17.4. The van der Waals surface area contributed by atoms with E-state index in [9.17, 15) is 4.79 Å². The summed E-state index contributed by atoms with van der Waals surface area (Å²) < 4.78 is 0.948. The Bertz CT molecular complexity index is 408. The molecule has 1 saturated heterocycles. The molecule has 2 rings (SSSR count). The van der Waals surface area contributed by atoms with E-state index in [4.69, 9.17) is 11.6 Å².